The molecule has 8 heteroatoms. The molecule has 0 amide bonds. The molecule has 0 aliphatic heterocycles. The van der Waals surface area contributed by atoms with E-state index < -0.39 is 0 Å². The zero-order valence-corrected chi connectivity index (χ0v) is 27.8. The molecule has 8 aromatic rings. The summed E-state index contributed by atoms with van der Waals surface area (Å²) in [5.74, 6) is -0.444. The Morgan fingerprint density at radius 3 is 1.58 bits per heavy atom. The average Bonchev–Trinajstić information content (AvgIpc) is 3.44. The zero-order chi connectivity index (χ0) is 34.2. The molecule has 8 aromatic heterocycles. The maximum atomic E-state index is 5.65. The maximum Gasteiger partial charge on any atom is 0.0968 e. The minimum Gasteiger partial charge on any atom is -0.255 e. The van der Waals surface area contributed by atoms with Crippen molar-refractivity contribution in [2.45, 2.75) is 24.7 Å². The van der Waals surface area contributed by atoms with Gasteiger partial charge in [0.2, 0.25) is 0 Å². The second kappa shape index (κ2) is 11.4. The minimum atomic E-state index is -0.225. The molecule has 0 saturated carbocycles. The van der Waals surface area contributed by atoms with Gasteiger partial charge < -0.3 is 0 Å². The van der Waals surface area contributed by atoms with Gasteiger partial charge in [-0.3, -0.25) is 34.9 Å². The van der Waals surface area contributed by atoms with Gasteiger partial charge in [-0.15, -0.1) is 0 Å². The third kappa shape index (κ3) is 4.15. The van der Waals surface area contributed by atoms with E-state index in [4.69, 9.17) is 39.9 Å². The van der Waals surface area contributed by atoms with Crippen LogP contribution < -0.4 is 0 Å². The molecule has 0 N–H and O–H groups in total. The molecule has 0 spiro atoms. The number of pyridine rings is 8. The second-order valence-electron chi connectivity index (χ2n) is 13.4. The summed E-state index contributed by atoms with van der Waals surface area (Å²) in [6, 6.07) is 30.7. The number of rotatable bonds is 4. The molecule has 3 aliphatic carbocycles. The van der Waals surface area contributed by atoms with Crippen molar-refractivity contribution in [3.63, 3.8) is 0 Å². The summed E-state index contributed by atoms with van der Waals surface area (Å²) in [6.07, 6.45) is 14.8. The standard InChI is InChI=1S/C44H28N8/c1-5-18-45-29(9-1)41-33-25(15-22-49-41)13-14-26-35-36-27(16-23-50-42(36)30-10-2-6-19-46-30)34(33)39-37(26)44(32-12-4-8-21-48-32)52-40(35)28-17-24-51-43(38(28)39)31-11-3-7-20-47-31/h1-12,15-24,34,39H,13-14H2. The first kappa shape index (κ1) is 29.0. The fourth-order valence-electron chi connectivity index (χ4n) is 8.83. The molecular weight excluding hydrogens is 641 g/mol. The molecule has 11 rings (SSSR count). The highest BCUT2D eigenvalue weighted by Gasteiger charge is 2.48. The minimum absolute atomic E-state index is 0.219. The first-order valence-electron chi connectivity index (χ1n) is 17.5. The second-order valence-corrected chi connectivity index (χ2v) is 13.4. The summed E-state index contributed by atoms with van der Waals surface area (Å²) < 4.78 is 0. The summed E-state index contributed by atoms with van der Waals surface area (Å²) in [5.41, 5.74) is 18.1. The third-order valence-electron chi connectivity index (χ3n) is 10.8. The van der Waals surface area contributed by atoms with Crippen LogP contribution in [0.4, 0.5) is 0 Å². The van der Waals surface area contributed by atoms with E-state index in [9.17, 15) is 0 Å². The smallest absolute Gasteiger partial charge is 0.0968 e. The van der Waals surface area contributed by atoms with Crippen LogP contribution in [-0.2, 0) is 12.8 Å². The van der Waals surface area contributed by atoms with E-state index in [0.29, 0.717) is 0 Å². The van der Waals surface area contributed by atoms with E-state index in [1.807, 2.05) is 98.0 Å². The summed E-state index contributed by atoms with van der Waals surface area (Å²) in [4.78, 5) is 40.5. The lowest BCUT2D eigenvalue weighted by atomic mass is 9.68. The van der Waals surface area contributed by atoms with Crippen LogP contribution in [0.15, 0.2) is 134 Å². The van der Waals surface area contributed by atoms with Crippen LogP contribution in [0.2, 0.25) is 0 Å². The lowest BCUT2D eigenvalue weighted by Gasteiger charge is -2.34. The molecule has 0 saturated heterocycles. The van der Waals surface area contributed by atoms with Crippen LogP contribution in [0.1, 0.15) is 45.2 Å². The van der Waals surface area contributed by atoms with Crippen molar-refractivity contribution >= 4 is 0 Å². The van der Waals surface area contributed by atoms with Gasteiger partial charge in [0.25, 0.3) is 0 Å². The Kier molecular flexibility index (Phi) is 6.33. The molecule has 0 radical (unpaired) electrons. The van der Waals surface area contributed by atoms with E-state index in [2.05, 4.69) is 36.4 Å². The van der Waals surface area contributed by atoms with Crippen molar-refractivity contribution in [1.82, 2.24) is 39.9 Å². The largest absolute Gasteiger partial charge is 0.255 e. The van der Waals surface area contributed by atoms with Crippen LogP contribution in [0.5, 0.6) is 0 Å². The molecule has 3 aliphatic rings. The molecule has 2 atom stereocenters. The Morgan fingerprint density at radius 2 is 0.942 bits per heavy atom. The highest BCUT2D eigenvalue weighted by Crippen LogP contribution is 2.63. The van der Waals surface area contributed by atoms with Gasteiger partial charge in [0.05, 0.1) is 51.2 Å². The van der Waals surface area contributed by atoms with Crippen LogP contribution in [-0.4, -0.2) is 39.9 Å². The lowest BCUT2D eigenvalue weighted by molar-refractivity contribution is 0.671. The van der Waals surface area contributed by atoms with Gasteiger partial charge >= 0.3 is 0 Å². The quantitative estimate of drug-likeness (QED) is 0.184. The molecule has 0 aromatic carbocycles. The highest BCUT2D eigenvalue weighted by atomic mass is 14.8. The van der Waals surface area contributed by atoms with Crippen molar-refractivity contribution in [3.05, 3.63) is 168 Å². The fraction of sp³-hybridized carbons (Fsp3) is 0.0909. The van der Waals surface area contributed by atoms with Gasteiger partial charge in [-0.1, -0.05) is 24.3 Å². The predicted molar refractivity (Wildman–Crippen MR) is 199 cm³/mol. The molecule has 8 nitrogen and oxygen atoms in total. The molecule has 8 heterocycles. The third-order valence-corrected chi connectivity index (χ3v) is 10.8. The van der Waals surface area contributed by atoms with E-state index in [0.717, 1.165) is 97.5 Å². The predicted octanol–water partition coefficient (Wildman–Crippen LogP) is 8.54. The van der Waals surface area contributed by atoms with Crippen LogP contribution in [0.3, 0.4) is 0 Å². The first-order valence-corrected chi connectivity index (χ1v) is 17.5. The van der Waals surface area contributed by atoms with Crippen LogP contribution in [0, 0.1) is 0 Å². The molecule has 6 bridgehead atoms. The molecule has 2 unspecified atom stereocenters. The maximum absolute atomic E-state index is 5.65. The Balaban J connectivity index is 1.37. The van der Waals surface area contributed by atoms with Crippen molar-refractivity contribution < 1.29 is 0 Å². The summed E-state index contributed by atoms with van der Waals surface area (Å²) in [7, 11) is 0. The van der Waals surface area contributed by atoms with Crippen molar-refractivity contribution in [2.24, 2.45) is 0 Å². The van der Waals surface area contributed by atoms with Gasteiger partial charge in [-0.05, 0) is 113 Å². The normalized spacial score (nSPS) is 15.9. The van der Waals surface area contributed by atoms with E-state index in [-0.39, 0.29) is 11.8 Å². The summed E-state index contributed by atoms with van der Waals surface area (Å²) >= 11 is 0. The number of hydrogen-bond acceptors (Lipinski definition) is 8. The van der Waals surface area contributed by atoms with Crippen LogP contribution in [0.25, 0.3) is 67.9 Å². The van der Waals surface area contributed by atoms with E-state index in [1.54, 1.807) is 0 Å². The number of fused-ring (bicyclic) bond motifs is 6. The van der Waals surface area contributed by atoms with Crippen molar-refractivity contribution in [1.29, 1.82) is 0 Å². The number of nitrogens with zero attached hydrogens (tertiary/aromatic N) is 8. The Labute approximate surface area is 299 Å². The number of aromatic nitrogens is 8. The van der Waals surface area contributed by atoms with Crippen molar-refractivity contribution in [2.75, 3.05) is 0 Å². The Morgan fingerprint density at radius 1 is 0.385 bits per heavy atom. The molecule has 52 heavy (non-hydrogen) atoms. The SMILES string of the molecule is c1ccc(-c2nccc3c2-c2c4nc(-c5ccccn5)c5c2CCc2ccnc(-c6ccccn6)c2C3C5c2c-4ccnc2-c2ccccn2)nc1. The van der Waals surface area contributed by atoms with Gasteiger partial charge in [-0.2, -0.15) is 0 Å². The van der Waals surface area contributed by atoms with Crippen LogP contribution >= 0.6 is 0 Å². The van der Waals surface area contributed by atoms with Gasteiger partial charge in [-0.25, -0.2) is 4.98 Å². The monoisotopic (exact) mass is 668 g/mol. The summed E-state index contributed by atoms with van der Waals surface area (Å²) in [6.45, 7) is 0. The lowest BCUT2D eigenvalue weighted by Crippen LogP contribution is -2.22. The molecule has 244 valence electrons. The molecular formula is C44H28N8. The van der Waals surface area contributed by atoms with Gasteiger partial charge in [0, 0.05) is 71.9 Å². The Hall–Kier alpha value is -6.80. The highest BCUT2D eigenvalue weighted by molar-refractivity contribution is 6.00. The van der Waals surface area contributed by atoms with Gasteiger partial charge in [0.1, 0.15) is 0 Å². The fourth-order valence-corrected chi connectivity index (χ4v) is 8.83. The first-order chi connectivity index (χ1) is 25.8. The summed E-state index contributed by atoms with van der Waals surface area (Å²) in [5, 5.41) is 0. The average molecular weight is 669 g/mol. The topological polar surface area (TPSA) is 103 Å². The Bertz CT molecular complexity index is 2680. The zero-order valence-electron chi connectivity index (χ0n) is 27.8. The van der Waals surface area contributed by atoms with Crippen molar-refractivity contribution in [3.8, 4) is 67.9 Å². The van der Waals surface area contributed by atoms with E-state index >= 15 is 0 Å². The van der Waals surface area contributed by atoms with E-state index in [1.165, 1.54) is 16.7 Å². The molecule has 0 fully saturated rings. The number of hydrogen-bond donors (Lipinski definition) is 0. The number of aryl methyl sites for hydroxylation is 1. The van der Waals surface area contributed by atoms with Gasteiger partial charge in [0.15, 0.2) is 0 Å².